The number of amidine groups is 1. The zero-order valence-electron chi connectivity index (χ0n) is 15.8. The van der Waals surface area contributed by atoms with Crippen LogP contribution in [-0.4, -0.2) is 38.6 Å². The van der Waals surface area contributed by atoms with Gasteiger partial charge in [-0.05, 0) is 61.8 Å². The SMILES string of the molecule is CN(C/C=C/c1cccc(C(=N)N)c1)c1ccc(OC2CCNCC2)cc1. The van der Waals surface area contributed by atoms with Crippen molar-refractivity contribution < 1.29 is 4.74 Å². The molecule has 2 aromatic carbocycles. The topological polar surface area (TPSA) is 74.4 Å². The van der Waals surface area contributed by atoms with Crippen molar-refractivity contribution in [3.05, 3.63) is 65.7 Å². The molecule has 3 rings (SSSR count). The van der Waals surface area contributed by atoms with Crippen LogP contribution >= 0.6 is 0 Å². The van der Waals surface area contributed by atoms with E-state index in [-0.39, 0.29) is 5.84 Å². The van der Waals surface area contributed by atoms with Gasteiger partial charge in [-0.15, -0.1) is 0 Å². The summed E-state index contributed by atoms with van der Waals surface area (Å²) in [4.78, 5) is 2.18. The average molecular weight is 364 g/mol. The Balaban J connectivity index is 1.53. The van der Waals surface area contributed by atoms with Crippen LogP contribution in [0.5, 0.6) is 5.75 Å². The molecular weight excluding hydrogens is 336 g/mol. The number of likely N-dealkylation sites (N-methyl/N-ethyl adjacent to an activating group) is 1. The minimum Gasteiger partial charge on any atom is -0.490 e. The maximum Gasteiger partial charge on any atom is 0.122 e. The zero-order chi connectivity index (χ0) is 19.1. The Bertz CT molecular complexity index is 779. The summed E-state index contributed by atoms with van der Waals surface area (Å²) >= 11 is 0. The van der Waals surface area contributed by atoms with Crippen LogP contribution in [0.15, 0.2) is 54.6 Å². The molecule has 0 bridgehead atoms. The minimum atomic E-state index is 0.0918. The van der Waals surface area contributed by atoms with Gasteiger partial charge in [0.05, 0.1) is 0 Å². The number of nitrogens with one attached hydrogen (secondary N) is 2. The molecule has 0 unspecified atom stereocenters. The zero-order valence-corrected chi connectivity index (χ0v) is 15.8. The van der Waals surface area contributed by atoms with E-state index in [4.69, 9.17) is 15.9 Å². The quantitative estimate of drug-likeness (QED) is 0.521. The van der Waals surface area contributed by atoms with E-state index in [2.05, 4.69) is 41.5 Å². The highest BCUT2D eigenvalue weighted by atomic mass is 16.5. The fraction of sp³-hybridized carbons (Fsp3) is 0.318. The van der Waals surface area contributed by atoms with Gasteiger partial charge in [-0.2, -0.15) is 0 Å². The standard InChI is InChI=1S/C22H28N4O/c1-26(15-3-5-17-4-2-6-18(16-17)22(23)24)19-7-9-20(10-8-19)27-21-11-13-25-14-12-21/h2-10,16,21,25H,11-15H2,1H3,(H3,23,24)/b5-3+. The van der Waals surface area contributed by atoms with Gasteiger partial charge in [0, 0.05) is 24.8 Å². The molecule has 1 aliphatic rings. The second-order valence-electron chi connectivity index (χ2n) is 6.88. The molecule has 1 aliphatic heterocycles. The molecule has 4 N–H and O–H groups in total. The van der Waals surface area contributed by atoms with E-state index in [0.29, 0.717) is 6.10 Å². The molecule has 0 aromatic heterocycles. The van der Waals surface area contributed by atoms with Crippen LogP contribution in [0, 0.1) is 5.41 Å². The van der Waals surface area contributed by atoms with Gasteiger partial charge in [-0.1, -0.05) is 30.4 Å². The molecule has 1 saturated heterocycles. The van der Waals surface area contributed by atoms with E-state index in [1.165, 1.54) is 0 Å². The molecule has 0 radical (unpaired) electrons. The van der Waals surface area contributed by atoms with Crippen molar-refractivity contribution in [1.82, 2.24) is 5.32 Å². The van der Waals surface area contributed by atoms with E-state index in [0.717, 1.165) is 55.0 Å². The third-order valence-corrected chi connectivity index (χ3v) is 4.75. The molecule has 0 atom stereocenters. The first-order valence-corrected chi connectivity index (χ1v) is 9.41. The minimum absolute atomic E-state index is 0.0918. The number of nitrogens with two attached hydrogens (primary N) is 1. The van der Waals surface area contributed by atoms with Gasteiger partial charge in [-0.25, -0.2) is 0 Å². The lowest BCUT2D eigenvalue weighted by molar-refractivity contribution is 0.162. The Hall–Kier alpha value is -2.79. The molecule has 5 heteroatoms. The first-order chi connectivity index (χ1) is 13.1. The Morgan fingerprint density at radius 2 is 1.96 bits per heavy atom. The average Bonchev–Trinajstić information content (AvgIpc) is 2.69. The molecule has 1 fully saturated rings. The fourth-order valence-corrected chi connectivity index (χ4v) is 3.15. The van der Waals surface area contributed by atoms with E-state index < -0.39 is 0 Å². The number of hydrogen-bond acceptors (Lipinski definition) is 4. The first-order valence-electron chi connectivity index (χ1n) is 9.41. The summed E-state index contributed by atoms with van der Waals surface area (Å²) in [5, 5.41) is 10.9. The van der Waals surface area contributed by atoms with Crippen LogP contribution in [0.2, 0.25) is 0 Å². The van der Waals surface area contributed by atoms with Crippen LogP contribution in [-0.2, 0) is 0 Å². The van der Waals surface area contributed by atoms with Crippen molar-refractivity contribution >= 4 is 17.6 Å². The summed E-state index contributed by atoms with van der Waals surface area (Å²) < 4.78 is 6.06. The number of nitrogens with zero attached hydrogens (tertiary/aromatic N) is 1. The largest absolute Gasteiger partial charge is 0.490 e. The highest BCUT2D eigenvalue weighted by Crippen LogP contribution is 2.21. The predicted molar refractivity (Wildman–Crippen MR) is 113 cm³/mol. The van der Waals surface area contributed by atoms with Crippen LogP contribution in [0.4, 0.5) is 5.69 Å². The monoisotopic (exact) mass is 364 g/mol. The fourth-order valence-electron chi connectivity index (χ4n) is 3.15. The number of benzene rings is 2. The summed E-state index contributed by atoms with van der Waals surface area (Å²) in [6.45, 7) is 2.86. The van der Waals surface area contributed by atoms with Gasteiger partial charge in [0.25, 0.3) is 0 Å². The molecule has 27 heavy (non-hydrogen) atoms. The Morgan fingerprint density at radius 3 is 2.67 bits per heavy atom. The summed E-state index contributed by atoms with van der Waals surface area (Å²) in [6.07, 6.45) is 6.62. The highest BCUT2D eigenvalue weighted by Gasteiger charge is 2.14. The second-order valence-corrected chi connectivity index (χ2v) is 6.88. The van der Waals surface area contributed by atoms with Gasteiger partial charge in [0.15, 0.2) is 0 Å². The Kier molecular flexibility index (Phi) is 6.49. The van der Waals surface area contributed by atoms with E-state index >= 15 is 0 Å². The Morgan fingerprint density at radius 1 is 1.22 bits per heavy atom. The number of ether oxygens (including phenoxy) is 1. The maximum absolute atomic E-state index is 7.52. The van der Waals surface area contributed by atoms with E-state index in [9.17, 15) is 0 Å². The lowest BCUT2D eigenvalue weighted by atomic mass is 10.1. The summed E-state index contributed by atoms with van der Waals surface area (Å²) in [5.74, 6) is 1.03. The van der Waals surface area contributed by atoms with Crippen LogP contribution in [0.3, 0.4) is 0 Å². The summed E-state index contributed by atoms with van der Waals surface area (Å²) in [5.41, 5.74) is 8.48. The number of rotatable bonds is 7. The van der Waals surface area contributed by atoms with Crippen molar-refractivity contribution in [3.63, 3.8) is 0 Å². The molecule has 0 aliphatic carbocycles. The van der Waals surface area contributed by atoms with Crippen molar-refractivity contribution in [2.24, 2.45) is 5.73 Å². The lowest BCUT2D eigenvalue weighted by Gasteiger charge is -2.24. The van der Waals surface area contributed by atoms with Crippen LogP contribution in [0.1, 0.15) is 24.0 Å². The third kappa shape index (κ3) is 5.59. The predicted octanol–water partition coefficient (Wildman–Crippen LogP) is 3.25. The number of nitrogen functional groups attached to an aromatic ring is 1. The van der Waals surface area contributed by atoms with Crippen molar-refractivity contribution in [2.75, 3.05) is 31.6 Å². The molecule has 0 spiro atoms. The van der Waals surface area contributed by atoms with Gasteiger partial charge < -0.3 is 20.7 Å². The van der Waals surface area contributed by atoms with Crippen LogP contribution < -0.4 is 20.7 Å². The van der Waals surface area contributed by atoms with Gasteiger partial charge in [0.2, 0.25) is 0 Å². The van der Waals surface area contributed by atoms with E-state index in [1.54, 1.807) is 0 Å². The van der Waals surface area contributed by atoms with Gasteiger partial charge in [0.1, 0.15) is 17.7 Å². The van der Waals surface area contributed by atoms with Crippen molar-refractivity contribution in [2.45, 2.75) is 18.9 Å². The van der Waals surface area contributed by atoms with Crippen molar-refractivity contribution in [3.8, 4) is 5.75 Å². The van der Waals surface area contributed by atoms with Crippen molar-refractivity contribution in [1.29, 1.82) is 5.41 Å². The molecular formula is C22H28N4O. The lowest BCUT2D eigenvalue weighted by Crippen LogP contribution is -2.34. The smallest absolute Gasteiger partial charge is 0.122 e. The molecule has 0 amide bonds. The Labute approximate surface area is 161 Å². The highest BCUT2D eigenvalue weighted by molar-refractivity contribution is 5.95. The van der Waals surface area contributed by atoms with Crippen LogP contribution in [0.25, 0.3) is 6.08 Å². The summed E-state index contributed by atoms with van der Waals surface area (Å²) in [6, 6.07) is 16.0. The molecule has 0 saturated carbocycles. The first kappa shape index (κ1) is 19.0. The molecule has 142 valence electrons. The van der Waals surface area contributed by atoms with Gasteiger partial charge in [-0.3, -0.25) is 5.41 Å². The maximum atomic E-state index is 7.52. The number of piperidine rings is 1. The third-order valence-electron chi connectivity index (χ3n) is 4.75. The van der Waals surface area contributed by atoms with E-state index in [1.807, 2.05) is 36.4 Å². The number of anilines is 1. The number of hydrogen-bond donors (Lipinski definition) is 3. The second kappa shape index (κ2) is 9.24. The van der Waals surface area contributed by atoms with Gasteiger partial charge >= 0.3 is 0 Å². The molecule has 5 nitrogen and oxygen atoms in total. The molecule has 1 heterocycles. The normalized spacial score (nSPS) is 15.0. The molecule has 2 aromatic rings. The summed E-state index contributed by atoms with van der Waals surface area (Å²) in [7, 11) is 2.07.